The molecule has 0 bridgehead atoms. The molecule has 0 N–H and O–H groups in total. The second-order valence-electron chi connectivity index (χ2n) is 7.19. The number of piperazine rings is 1. The van der Waals surface area contributed by atoms with Crippen molar-refractivity contribution in [2.24, 2.45) is 0 Å². The van der Waals surface area contributed by atoms with Crippen LogP contribution in [0.4, 0.5) is 0 Å². The molecule has 1 amide bonds. The fourth-order valence-electron chi connectivity index (χ4n) is 3.59. The fourth-order valence-corrected chi connectivity index (χ4v) is 4.91. The van der Waals surface area contributed by atoms with Gasteiger partial charge >= 0.3 is 0 Å². The third-order valence-corrected chi connectivity index (χ3v) is 7.04. The molecule has 1 aromatic heterocycles. The van der Waals surface area contributed by atoms with Crippen LogP contribution in [0.3, 0.4) is 0 Å². The quantitative estimate of drug-likeness (QED) is 0.726. The molecule has 29 heavy (non-hydrogen) atoms. The number of benzene rings is 1. The average Bonchev–Trinajstić information content (AvgIpc) is 3.26. The van der Waals surface area contributed by atoms with Crippen molar-refractivity contribution in [3.8, 4) is 0 Å². The highest BCUT2D eigenvalue weighted by molar-refractivity contribution is 7.89. The second kappa shape index (κ2) is 8.66. The largest absolute Gasteiger partial charge is 0.438 e. The molecule has 156 valence electrons. The molecule has 0 atom stereocenters. The van der Waals surface area contributed by atoms with Crippen LogP contribution in [0.25, 0.3) is 0 Å². The second-order valence-corrected chi connectivity index (χ2v) is 9.06. The van der Waals surface area contributed by atoms with E-state index in [2.05, 4.69) is 17.0 Å². The summed E-state index contributed by atoms with van der Waals surface area (Å²) in [5, 5.41) is -0.189. The Morgan fingerprint density at radius 2 is 1.59 bits per heavy atom. The van der Waals surface area contributed by atoms with Crippen LogP contribution in [0.5, 0.6) is 0 Å². The Kier molecular flexibility index (Phi) is 6.00. The molecule has 2 aromatic rings. The molecule has 0 saturated carbocycles. The molecule has 9 heteroatoms. The first-order chi connectivity index (χ1) is 14.0. The monoisotopic (exact) mass is 419 g/mol. The standard InChI is InChI=1S/C20H25N3O5S/c24-20(22-10-8-21(9-11-22)16-17-4-2-1-3-5-17)18-6-7-19(28-18)29(25,26)23-12-14-27-15-13-23/h1-7H,8-16H2. The molecule has 0 radical (unpaired) electrons. The van der Waals surface area contributed by atoms with Crippen molar-refractivity contribution in [2.75, 3.05) is 52.5 Å². The maximum Gasteiger partial charge on any atom is 0.289 e. The van der Waals surface area contributed by atoms with Crippen LogP contribution in [0.2, 0.25) is 0 Å². The van der Waals surface area contributed by atoms with Gasteiger partial charge < -0.3 is 14.1 Å². The van der Waals surface area contributed by atoms with Crippen molar-refractivity contribution < 1.29 is 22.4 Å². The molecular weight excluding hydrogens is 394 g/mol. The maximum absolute atomic E-state index is 12.8. The van der Waals surface area contributed by atoms with Crippen molar-refractivity contribution in [2.45, 2.75) is 11.6 Å². The Morgan fingerprint density at radius 1 is 0.897 bits per heavy atom. The molecule has 1 aromatic carbocycles. The van der Waals surface area contributed by atoms with Gasteiger partial charge in [0.2, 0.25) is 5.09 Å². The van der Waals surface area contributed by atoms with Gasteiger partial charge in [0.1, 0.15) is 0 Å². The Bertz CT molecular complexity index is 930. The molecule has 0 spiro atoms. The predicted octanol–water partition coefficient (Wildman–Crippen LogP) is 1.26. The van der Waals surface area contributed by atoms with E-state index in [0.717, 1.165) is 19.6 Å². The molecule has 0 unspecified atom stereocenters. The Morgan fingerprint density at radius 3 is 2.28 bits per heavy atom. The molecule has 2 fully saturated rings. The van der Waals surface area contributed by atoms with Crippen molar-refractivity contribution in [3.05, 3.63) is 53.8 Å². The van der Waals surface area contributed by atoms with Gasteiger partial charge in [0.25, 0.3) is 15.9 Å². The van der Waals surface area contributed by atoms with E-state index in [1.54, 1.807) is 4.90 Å². The number of amides is 1. The number of hydrogen-bond acceptors (Lipinski definition) is 6. The highest BCUT2D eigenvalue weighted by Gasteiger charge is 2.31. The summed E-state index contributed by atoms with van der Waals surface area (Å²) >= 11 is 0. The zero-order valence-corrected chi connectivity index (χ0v) is 17.0. The van der Waals surface area contributed by atoms with Gasteiger partial charge in [-0.05, 0) is 17.7 Å². The first-order valence-electron chi connectivity index (χ1n) is 9.77. The number of rotatable bonds is 5. The molecule has 8 nitrogen and oxygen atoms in total. The van der Waals surface area contributed by atoms with Gasteiger partial charge in [-0.25, -0.2) is 8.42 Å². The average molecular weight is 420 g/mol. The number of sulfonamides is 1. The number of morpholine rings is 1. The van der Waals surface area contributed by atoms with Gasteiger partial charge in [0, 0.05) is 45.8 Å². The summed E-state index contributed by atoms with van der Waals surface area (Å²) in [5.41, 5.74) is 1.25. The van der Waals surface area contributed by atoms with Gasteiger partial charge in [-0.1, -0.05) is 30.3 Å². The zero-order valence-electron chi connectivity index (χ0n) is 16.2. The summed E-state index contributed by atoms with van der Waals surface area (Å²) in [5.74, 6) is -0.207. The smallest absolute Gasteiger partial charge is 0.289 e. The fraction of sp³-hybridized carbons (Fsp3) is 0.450. The number of carbonyl (C=O) groups excluding carboxylic acids is 1. The van der Waals surface area contributed by atoms with Crippen molar-refractivity contribution in [1.29, 1.82) is 0 Å². The van der Waals surface area contributed by atoms with Crippen LogP contribution in [0, 0.1) is 0 Å². The van der Waals surface area contributed by atoms with Gasteiger partial charge in [0.15, 0.2) is 5.76 Å². The van der Waals surface area contributed by atoms with Gasteiger partial charge in [-0.15, -0.1) is 0 Å². The van der Waals surface area contributed by atoms with E-state index >= 15 is 0 Å². The van der Waals surface area contributed by atoms with E-state index in [1.165, 1.54) is 22.0 Å². The minimum absolute atomic E-state index is 0.0633. The lowest BCUT2D eigenvalue weighted by atomic mass is 10.2. The van der Waals surface area contributed by atoms with E-state index < -0.39 is 10.0 Å². The number of ether oxygens (including phenoxy) is 1. The van der Waals surface area contributed by atoms with E-state index in [1.807, 2.05) is 18.2 Å². The van der Waals surface area contributed by atoms with Crippen LogP contribution < -0.4 is 0 Å². The van der Waals surface area contributed by atoms with Gasteiger partial charge in [-0.3, -0.25) is 9.69 Å². The van der Waals surface area contributed by atoms with E-state index in [-0.39, 0.29) is 29.8 Å². The molecule has 2 aliphatic heterocycles. The van der Waals surface area contributed by atoms with E-state index in [0.29, 0.717) is 26.3 Å². The van der Waals surface area contributed by atoms with Crippen LogP contribution in [0.15, 0.2) is 52.0 Å². The molecule has 2 saturated heterocycles. The van der Waals surface area contributed by atoms with Crippen molar-refractivity contribution in [3.63, 3.8) is 0 Å². The molecule has 4 rings (SSSR count). The summed E-state index contributed by atoms with van der Waals surface area (Å²) in [7, 11) is -3.74. The summed E-state index contributed by atoms with van der Waals surface area (Å²) in [4.78, 5) is 16.8. The summed E-state index contributed by atoms with van der Waals surface area (Å²) in [6.45, 7) is 4.84. The molecule has 3 heterocycles. The van der Waals surface area contributed by atoms with Crippen LogP contribution >= 0.6 is 0 Å². The highest BCUT2D eigenvalue weighted by Crippen LogP contribution is 2.21. The van der Waals surface area contributed by atoms with Gasteiger partial charge in [0.05, 0.1) is 13.2 Å². The minimum atomic E-state index is -3.74. The first kappa shape index (κ1) is 20.1. The Balaban J connectivity index is 1.36. The lowest BCUT2D eigenvalue weighted by molar-refractivity contribution is 0.0590. The third kappa shape index (κ3) is 4.53. The molecule has 0 aliphatic carbocycles. The summed E-state index contributed by atoms with van der Waals surface area (Å²) < 4.78 is 37.3. The third-order valence-electron chi connectivity index (χ3n) is 5.26. The van der Waals surface area contributed by atoms with Crippen LogP contribution in [-0.2, 0) is 21.3 Å². The number of furan rings is 1. The summed E-state index contributed by atoms with van der Waals surface area (Å²) in [6, 6.07) is 13.0. The van der Waals surface area contributed by atoms with E-state index in [9.17, 15) is 13.2 Å². The molecular formula is C20H25N3O5S. The lowest BCUT2D eigenvalue weighted by Gasteiger charge is -2.34. The maximum atomic E-state index is 12.8. The number of hydrogen-bond donors (Lipinski definition) is 0. The first-order valence-corrected chi connectivity index (χ1v) is 11.2. The van der Waals surface area contributed by atoms with E-state index in [4.69, 9.17) is 9.15 Å². The van der Waals surface area contributed by atoms with Crippen LogP contribution in [-0.4, -0.2) is 80.9 Å². The minimum Gasteiger partial charge on any atom is -0.438 e. The predicted molar refractivity (Wildman–Crippen MR) is 106 cm³/mol. The number of carbonyl (C=O) groups is 1. The number of nitrogens with zero attached hydrogens (tertiary/aromatic N) is 3. The topological polar surface area (TPSA) is 83.3 Å². The molecule has 2 aliphatic rings. The lowest BCUT2D eigenvalue weighted by Crippen LogP contribution is -2.48. The van der Waals surface area contributed by atoms with Crippen molar-refractivity contribution in [1.82, 2.24) is 14.1 Å². The van der Waals surface area contributed by atoms with Crippen molar-refractivity contribution >= 4 is 15.9 Å². The Labute approximate surface area is 170 Å². The van der Waals surface area contributed by atoms with Crippen LogP contribution in [0.1, 0.15) is 16.1 Å². The summed E-state index contributed by atoms with van der Waals surface area (Å²) in [6.07, 6.45) is 0. The highest BCUT2D eigenvalue weighted by atomic mass is 32.2. The normalized spacial score (nSPS) is 19.4. The van der Waals surface area contributed by atoms with Gasteiger partial charge in [-0.2, -0.15) is 4.31 Å². The Hall–Kier alpha value is -2.20. The zero-order chi connectivity index (χ0) is 20.3. The SMILES string of the molecule is O=C(c1ccc(S(=O)(=O)N2CCOCC2)o1)N1CCN(Cc2ccccc2)CC1.